The third-order valence-corrected chi connectivity index (χ3v) is 4.34. The predicted octanol–water partition coefficient (Wildman–Crippen LogP) is 5.07. The fourth-order valence-electron chi connectivity index (χ4n) is 2.75. The Balaban J connectivity index is 2.17. The number of hydrogen-bond acceptors (Lipinski definition) is 4. The molecule has 0 bridgehead atoms. The number of nitrogens with zero attached hydrogens (tertiary/aromatic N) is 1. The van der Waals surface area contributed by atoms with E-state index in [1.54, 1.807) is 26.5 Å². The van der Waals surface area contributed by atoms with Crippen LogP contribution in [0.25, 0.3) is 0 Å². The number of unbranched alkanes of at least 4 members (excludes halogenated alkanes) is 8. The third-order valence-electron chi connectivity index (χ3n) is 4.34. The highest BCUT2D eigenvalue weighted by molar-refractivity contribution is 5.85. The molecule has 5 heteroatoms. The minimum Gasteiger partial charge on any atom is -0.497 e. The van der Waals surface area contributed by atoms with Crippen molar-refractivity contribution in [2.75, 3.05) is 14.2 Å². The monoisotopic (exact) mass is 362 g/mol. The molecule has 1 rings (SSSR count). The molecule has 1 aromatic carbocycles. The maximum absolute atomic E-state index is 11.8. The second-order valence-corrected chi connectivity index (χ2v) is 6.48. The molecule has 0 aliphatic rings. The molecule has 5 nitrogen and oxygen atoms in total. The van der Waals surface area contributed by atoms with Crippen LogP contribution in [-0.2, 0) is 4.79 Å². The number of carbonyl (C=O) groups excluding carboxylic acids is 1. The van der Waals surface area contributed by atoms with Crippen LogP contribution in [-0.4, -0.2) is 26.3 Å². The minimum atomic E-state index is -0.0447. The largest absolute Gasteiger partial charge is 0.497 e. The predicted molar refractivity (Wildman–Crippen MR) is 107 cm³/mol. The van der Waals surface area contributed by atoms with Gasteiger partial charge in [-0.2, -0.15) is 5.10 Å². The molecular formula is C21H34N2O3. The standard InChI is InChI=1S/C21H34N2O3/c1-4-5-6-7-8-9-10-11-12-13-21(24)23-22-17-18-14-15-19(25-2)16-20(18)26-3/h14-17H,4-13H2,1-3H3,(H,23,24). The Bertz CT molecular complexity index is 544. The van der Waals surface area contributed by atoms with Crippen molar-refractivity contribution in [2.45, 2.75) is 71.1 Å². The van der Waals surface area contributed by atoms with Crippen molar-refractivity contribution in [3.8, 4) is 11.5 Å². The lowest BCUT2D eigenvalue weighted by atomic mass is 10.1. The van der Waals surface area contributed by atoms with E-state index in [-0.39, 0.29) is 5.91 Å². The van der Waals surface area contributed by atoms with Crippen LogP contribution in [0.2, 0.25) is 0 Å². The number of rotatable bonds is 14. The summed E-state index contributed by atoms with van der Waals surface area (Å²) >= 11 is 0. The van der Waals surface area contributed by atoms with Gasteiger partial charge in [0.2, 0.25) is 5.91 Å². The van der Waals surface area contributed by atoms with Crippen LogP contribution in [0, 0.1) is 0 Å². The van der Waals surface area contributed by atoms with Crippen molar-refractivity contribution < 1.29 is 14.3 Å². The zero-order valence-corrected chi connectivity index (χ0v) is 16.6. The first-order valence-electron chi connectivity index (χ1n) is 9.75. The first-order chi connectivity index (χ1) is 12.7. The third kappa shape index (κ3) is 9.44. The summed E-state index contributed by atoms with van der Waals surface area (Å²) in [6.07, 6.45) is 13.3. The van der Waals surface area contributed by atoms with Gasteiger partial charge in [0.1, 0.15) is 11.5 Å². The fourth-order valence-corrected chi connectivity index (χ4v) is 2.75. The highest BCUT2D eigenvalue weighted by Gasteiger charge is 2.03. The normalized spacial score (nSPS) is 10.9. The van der Waals surface area contributed by atoms with Gasteiger partial charge in [0.15, 0.2) is 0 Å². The Morgan fingerprint density at radius 1 is 1.00 bits per heavy atom. The summed E-state index contributed by atoms with van der Waals surface area (Å²) in [6, 6.07) is 5.45. The minimum absolute atomic E-state index is 0.0447. The fraction of sp³-hybridized carbons (Fsp3) is 0.619. The summed E-state index contributed by atoms with van der Waals surface area (Å²) in [4.78, 5) is 11.8. The molecule has 0 unspecified atom stereocenters. The number of benzene rings is 1. The van der Waals surface area contributed by atoms with Crippen molar-refractivity contribution in [1.82, 2.24) is 5.43 Å². The van der Waals surface area contributed by atoms with Gasteiger partial charge in [-0.1, -0.05) is 58.3 Å². The molecule has 1 N–H and O–H groups in total. The van der Waals surface area contributed by atoms with E-state index < -0.39 is 0 Å². The lowest BCUT2D eigenvalue weighted by Crippen LogP contribution is -2.17. The van der Waals surface area contributed by atoms with Crippen LogP contribution in [0.1, 0.15) is 76.7 Å². The van der Waals surface area contributed by atoms with Crippen LogP contribution in [0.15, 0.2) is 23.3 Å². The number of nitrogens with one attached hydrogen (secondary N) is 1. The van der Waals surface area contributed by atoms with Crippen molar-refractivity contribution in [1.29, 1.82) is 0 Å². The molecule has 0 radical (unpaired) electrons. The molecule has 0 fully saturated rings. The SMILES string of the molecule is CCCCCCCCCCCC(=O)NN=Cc1ccc(OC)cc1OC. The highest BCUT2D eigenvalue weighted by Crippen LogP contribution is 2.23. The Labute approximate surface area is 158 Å². The summed E-state index contributed by atoms with van der Waals surface area (Å²) < 4.78 is 10.5. The van der Waals surface area contributed by atoms with Crippen LogP contribution in [0.4, 0.5) is 0 Å². The summed E-state index contributed by atoms with van der Waals surface area (Å²) in [5.74, 6) is 1.33. The molecule has 1 aromatic rings. The summed E-state index contributed by atoms with van der Waals surface area (Å²) in [6.45, 7) is 2.24. The number of amides is 1. The Morgan fingerprint density at radius 3 is 2.27 bits per heavy atom. The lowest BCUT2D eigenvalue weighted by molar-refractivity contribution is -0.121. The van der Waals surface area contributed by atoms with Crippen LogP contribution < -0.4 is 14.9 Å². The number of hydrogen-bond donors (Lipinski definition) is 1. The summed E-state index contributed by atoms with van der Waals surface area (Å²) in [5.41, 5.74) is 3.37. The second-order valence-electron chi connectivity index (χ2n) is 6.48. The molecule has 0 atom stereocenters. The molecule has 0 heterocycles. The van der Waals surface area contributed by atoms with E-state index in [1.165, 1.54) is 44.9 Å². The van der Waals surface area contributed by atoms with Gasteiger partial charge >= 0.3 is 0 Å². The van der Waals surface area contributed by atoms with Gasteiger partial charge in [0.25, 0.3) is 0 Å². The molecule has 0 saturated heterocycles. The van der Waals surface area contributed by atoms with Gasteiger partial charge in [-0.3, -0.25) is 4.79 Å². The Kier molecular flexibility index (Phi) is 12.0. The van der Waals surface area contributed by atoms with Crippen molar-refractivity contribution in [3.05, 3.63) is 23.8 Å². The zero-order chi connectivity index (χ0) is 19.0. The molecule has 0 aromatic heterocycles. The van der Waals surface area contributed by atoms with E-state index in [0.29, 0.717) is 17.9 Å². The van der Waals surface area contributed by atoms with E-state index in [4.69, 9.17) is 9.47 Å². The molecular weight excluding hydrogens is 328 g/mol. The van der Waals surface area contributed by atoms with Crippen molar-refractivity contribution in [2.24, 2.45) is 5.10 Å². The number of ether oxygens (including phenoxy) is 2. The van der Waals surface area contributed by atoms with Gasteiger partial charge in [0.05, 0.1) is 20.4 Å². The first kappa shape index (κ1) is 22.0. The maximum Gasteiger partial charge on any atom is 0.240 e. The molecule has 0 saturated carbocycles. The van der Waals surface area contributed by atoms with Crippen LogP contribution >= 0.6 is 0 Å². The molecule has 26 heavy (non-hydrogen) atoms. The van der Waals surface area contributed by atoms with E-state index >= 15 is 0 Å². The maximum atomic E-state index is 11.8. The Morgan fingerprint density at radius 2 is 1.65 bits per heavy atom. The van der Waals surface area contributed by atoms with Gasteiger partial charge in [-0.05, 0) is 18.6 Å². The first-order valence-corrected chi connectivity index (χ1v) is 9.75. The smallest absolute Gasteiger partial charge is 0.240 e. The molecule has 0 aliphatic carbocycles. The van der Waals surface area contributed by atoms with E-state index in [0.717, 1.165) is 18.4 Å². The highest BCUT2D eigenvalue weighted by atomic mass is 16.5. The van der Waals surface area contributed by atoms with E-state index in [2.05, 4.69) is 17.5 Å². The van der Waals surface area contributed by atoms with Gasteiger partial charge in [0, 0.05) is 18.1 Å². The summed E-state index contributed by atoms with van der Waals surface area (Å²) in [7, 11) is 3.20. The molecule has 0 spiro atoms. The second kappa shape index (κ2) is 14.2. The molecule has 0 aliphatic heterocycles. The van der Waals surface area contributed by atoms with Gasteiger partial charge in [-0.25, -0.2) is 5.43 Å². The number of methoxy groups -OCH3 is 2. The number of hydrazone groups is 1. The zero-order valence-electron chi connectivity index (χ0n) is 16.6. The Hall–Kier alpha value is -2.04. The van der Waals surface area contributed by atoms with E-state index in [1.807, 2.05) is 12.1 Å². The number of carbonyl (C=O) groups is 1. The average Bonchev–Trinajstić information content (AvgIpc) is 2.66. The van der Waals surface area contributed by atoms with E-state index in [9.17, 15) is 4.79 Å². The summed E-state index contributed by atoms with van der Waals surface area (Å²) in [5, 5.41) is 4.02. The molecule has 146 valence electrons. The van der Waals surface area contributed by atoms with Crippen molar-refractivity contribution >= 4 is 12.1 Å². The quantitative estimate of drug-likeness (QED) is 0.285. The molecule has 1 amide bonds. The average molecular weight is 363 g/mol. The van der Waals surface area contributed by atoms with Crippen LogP contribution in [0.3, 0.4) is 0 Å². The lowest BCUT2D eigenvalue weighted by Gasteiger charge is -2.07. The van der Waals surface area contributed by atoms with Gasteiger partial charge in [-0.15, -0.1) is 0 Å². The topological polar surface area (TPSA) is 59.9 Å². The van der Waals surface area contributed by atoms with Crippen LogP contribution in [0.5, 0.6) is 11.5 Å². The van der Waals surface area contributed by atoms with Crippen molar-refractivity contribution in [3.63, 3.8) is 0 Å². The van der Waals surface area contributed by atoms with Gasteiger partial charge < -0.3 is 9.47 Å².